The van der Waals surface area contributed by atoms with Crippen LogP contribution in [0.15, 0.2) is 28.8 Å². The Morgan fingerprint density at radius 1 is 1.32 bits per heavy atom. The van der Waals surface area contributed by atoms with Gasteiger partial charge < -0.3 is 14.2 Å². The summed E-state index contributed by atoms with van der Waals surface area (Å²) in [5, 5.41) is 4.00. The van der Waals surface area contributed by atoms with E-state index in [1.807, 2.05) is 31.2 Å². The summed E-state index contributed by atoms with van der Waals surface area (Å²) in [4.78, 5) is 17.5. The first-order chi connectivity index (χ1) is 10.6. The maximum Gasteiger partial charge on any atom is 0.226 e. The largest absolute Gasteiger partial charge is 0.493 e. The lowest BCUT2D eigenvalue weighted by atomic mass is 10.2. The first-order valence-corrected chi connectivity index (χ1v) is 7.36. The molecule has 0 aliphatic rings. The number of aryl methyl sites for hydroxylation is 1. The van der Waals surface area contributed by atoms with Crippen LogP contribution >= 0.6 is 0 Å². The Labute approximate surface area is 130 Å². The van der Waals surface area contributed by atoms with E-state index in [-0.39, 0.29) is 5.91 Å². The molecule has 0 saturated carbocycles. The normalized spacial score (nSPS) is 10.5. The summed E-state index contributed by atoms with van der Waals surface area (Å²) in [5.74, 6) is 1.88. The van der Waals surface area contributed by atoms with Gasteiger partial charge in [0.15, 0.2) is 0 Å². The molecule has 0 aliphatic heterocycles. The zero-order valence-electron chi connectivity index (χ0n) is 13.2. The van der Waals surface area contributed by atoms with Gasteiger partial charge in [0.2, 0.25) is 17.6 Å². The number of rotatable bonds is 7. The van der Waals surface area contributed by atoms with Crippen LogP contribution in [0, 0.1) is 0 Å². The minimum atomic E-state index is 0.0985. The summed E-state index contributed by atoms with van der Waals surface area (Å²) >= 11 is 0. The van der Waals surface area contributed by atoms with E-state index in [1.165, 1.54) is 0 Å². The van der Waals surface area contributed by atoms with Gasteiger partial charge in [0, 0.05) is 26.9 Å². The molecule has 0 bridgehead atoms. The lowest BCUT2D eigenvalue weighted by Gasteiger charge is -2.08. The Kier molecular flexibility index (Phi) is 5.52. The summed E-state index contributed by atoms with van der Waals surface area (Å²) in [6.07, 6.45) is 1.75. The van der Waals surface area contributed by atoms with E-state index in [9.17, 15) is 4.79 Å². The molecule has 0 spiro atoms. The molecule has 1 amide bonds. The maximum atomic E-state index is 11.5. The second-order valence-electron chi connectivity index (χ2n) is 5.08. The predicted octanol–water partition coefficient (Wildman–Crippen LogP) is 2.55. The molecule has 118 valence electrons. The summed E-state index contributed by atoms with van der Waals surface area (Å²) in [6.45, 7) is 2.51. The third-order valence-corrected chi connectivity index (χ3v) is 3.18. The number of aromatic nitrogens is 2. The van der Waals surface area contributed by atoms with E-state index in [1.54, 1.807) is 19.0 Å². The van der Waals surface area contributed by atoms with Gasteiger partial charge in [-0.15, -0.1) is 0 Å². The average Bonchev–Trinajstić information content (AvgIpc) is 2.96. The Balaban J connectivity index is 2.01. The monoisotopic (exact) mass is 303 g/mol. The molecule has 2 aromatic rings. The molecule has 0 fully saturated rings. The number of para-hydroxylation sites is 1. The molecule has 22 heavy (non-hydrogen) atoms. The highest BCUT2D eigenvalue weighted by Crippen LogP contribution is 2.27. The van der Waals surface area contributed by atoms with Gasteiger partial charge in [0.05, 0.1) is 12.2 Å². The first kappa shape index (κ1) is 16.0. The summed E-state index contributed by atoms with van der Waals surface area (Å²) in [6, 6.07) is 7.59. The van der Waals surface area contributed by atoms with Crippen LogP contribution in [0.1, 0.15) is 25.7 Å². The van der Waals surface area contributed by atoms with Crippen LogP contribution in [-0.4, -0.2) is 41.6 Å². The van der Waals surface area contributed by atoms with Crippen molar-refractivity contribution in [2.45, 2.75) is 26.2 Å². The number of benzene rings is 1. The molecule has 0 atom stereocenters. The summed E-state index contributed by atoms with van der Waals surface area (Å²) in [5.41, 5.74) is 0.809. The number of hydrogen-bond acceptors (Lipinski definition) is 5. The van der Waals surface area contributed by atoms with Gasteiger partial charge in [-0.1, -0.05) is 17.3 Å². The van der Waals surface area contributed by atoms with Crippen LogP contribution in [0.3, 0.4) is 0 Å². The van der Waals surface area contributed by atoms with Gasteiger partial charge in [-0.2, -0.15) is 4.98 Å². The predicted molar refractivity (Wildman–Crippen MR) is 82.5 cm³/mol. The van der Waals surface area contributed by atoms with E-state index < -0.39 is 0 Å². The fraction of sp³-hybridized carbons (Fsp3) is 0.438. The molecule has 6 nitrogen and oxygen atoms in total. The van der Waals surface area contributed by atoms with Gasteiger partial charge in [0.25, 0.3) is 0 Å². The molecule has 0 aliphatic carbocycles. The highest BCUT2D eigenvalue weighted by Gasteiger charge is 2.13. The fourth-order valence-electron chi connectivity index (χ4n) is 2.01. The van der Waals surface area contributed by atoms with Gasteiger partial charge in [0.1, 0.15) is 5.75 Å². The second kappa shape index (κ2) is 7.59. The fourth-order valence-corrected chi connectivity index (χ4v) is 2.01. The standard InChI is InChI=1S/C16H21N3O3/c1-4-21-13-9-6-5-8-12(13)16-17-14(22-18-16)10-7-11-15(20)19(2)3/h5-6,8-9H,4,7,10-11H2,1-3H3. The van der Waals surface area contributed by atoms with Crippen molar-refractivity contribution in [2.75, 3.05) is 20.7 Å². The van der Waals surface area contributed by atoms with Crippen molar-refractivity contribution in [3.63, 3.8) is 0 Å². The zero-order chi connectivity index (χ0) is 15.9. The van der Waals surface area contributed by atoms with E-state index in [0.29, 0.717) is 37.6 Å². The molecular formula is C16H21N3O3. The Morgan fingerprint density at radius 3 is 2.82 bits per heavy atom. The minimum absolute atomic E-state index is 0.0985. The molecule has 0 saturated heterocycles. The third kappa shape index (κ3) is 4.07. The summed E-state index contributed by atoms with van der Waals surface area (Å²) in [7, 11) is 3.50. The third-order valence-electron chi connectivity index (χ3n) is 3.18. The topological polar surface area (TPSA) is 68.5 Å². The van der Waals surface area contributed by atoms with E-state index in [0.717, 1.165) is 11.3 Å². The van der Waals surface area contributed by atoms with Crippen LogP contribution in [0.2, 0.25) is 0 Å². The number of carbonyl (C=O) groups excluding carboxylic acids is 1. The van der Waals surface area contributed by atoms with Crippen molar-refractivity contribution in [2.24, 2.45) is 0 Å². The van der Waals surface area contributed by atoms with Crippen LogP contribution in [0.4, 0.5) is 0 Å². The number of nitrogens with zero attached hydrogens (tertiary/aromatic N) is 3. The van der Waals surface area contributed by atoms with Gasteiger partial charge in [-0.25, -0.2) is 0 Å². The highest BCUT2D eigenvalue weighted by molar-refractivity contribution is 5.75. The highest BCUT2D eigenvalue weighted by atomic mass is 16.5. The van der Waals surface area contributed by atoms with Crippen LogP contribution in [0.25, 0.3) is 11.4 Å². The average molecular weight is 303 g/mol. The van der Waals surface area contributed by atoms with Gasteiger partial charge in [-0.05, 0) is 25.5 Å². The zero-order valence-corrected chi connectivity index (χ0v) is 13.2. The Morgan fingerprint density at radius 2 is 2.09 bits per heavy atom. The Bertz CT molecular complexity index is 623. The molecule has 1 aromatic heterocycles. The minimum Gasteiger partial charge on any atom is -0.493 e. The summed E-state index contributed by atoms with van der Waals surface area (Å²) < 4.78 is 10.8. The second-order valence-corrected chi connectivity index (χ2v) is 5.08. The van der Waals surface area contributed by atoms with Crippen molar-refractivity contribution in [1.82, 2.24) is 15.0 Å². The molecule has 6 heteroatoms. The van der Waals surface area contributed by atoms with Crippen molar-refractivity contribution >= 4 is 5.91 Å². The lowest BCUT2D eigenvalue weighted by Crippen LogP contribution is -2.21. The maximum absolute atomic E-state index is 11.5. The molecule has 1 heterocycles. The number of carbonyl (C=O) groups is 1. The number of ether oxygens (including phenoxy) is 1. The SMILES string of the molecule is CCOc1ccccc1-c1noc(CCCC(=O)N(C)C)n1. The smallest absolute Gasteiger partial charge is 0.226 e. The Hall–Kier alpha value is -2.37. The van der Waals surface area contributed by atoms with E-state index >= 15 is 0 Å². The van der Waals surface area contributed by atoms with Crippen LogP contribution < -0.4 is 4.74 Å². The van der Waals surface area contributed by atoms with Gasteiger partial charge >= 0.3 is 0 Å². The van der Waals surface area contributed by atoms with E-state index in [4.69, 9.17) is 9.26 Å². The van der Waals surface area contributed by atoms with Crippen LogP contribution in [0.5, 0.6) is 5.75 Å². The molecule has 1 aromatic carbocycles. The van der Waals surface area contributed by atoms with Crippen molar-refractivity contribution in [3.05, 3.63) is 30.2 Å². The van der Waals surface area contributed by atoms with Crippen LogP contribution in [-0.2, 0) is 11.2 Å². The van der Waals surface area contributed by atoms with Gasteiger partial charge in [-0.3, -0.25) is 4.79 Å². The number of amides is 1. The molecular weight excluding hydrogens is 282 g/mol. The molecule has 0 unspecified atom stereocenters. The van der Waals surface area contributed by atoms with Crippen molar-refractivity contribution in [1.29, 1.82) is 0 Å². The first-order valence-electron chi connectivity index (χ1n) is 7.36. The van der Waals surface area contributed by atoms with Crippen molar-refractivity contribution in [3.8, 4) is 17.1 Å². The molecule has 0 N–H and O–H groups in total. The van der Waals surface area contributed by atoms with E-state index in [2.05, 4.69) is 10.1 Å². The molecule has 0 radical (unpaired) electrons. The number of hydrogen-bond donors (Lipinski definition) is 0. The lowest BCUT2D eigenvalue weighted by molar-refractivity contribution is -0.128. The quantitative estimate of drug-likeness (QED) is 0.786. The molecule has 2 rings (SSSR count). The van der Waals surface area contributed by atoms with Crippen molar-refractivity contribution < 1.29 is 14.1 Å².